The molecule has 1 nitrogen and oxygen atoms in total. The minimum Gasteiger partial charge on any atom is -0.384 e. The minimum absolute atomic E-state index is 0.398. The number of rotatable bonds is 6. The van der Waals surface area contributed by atoms with Gasteiger partial charge in [0.25, 0.3) is 0 Å². The van der Waals surface area contributed by atoms with Crippen molar-refractivity contribution in [1.82, 2.24) is 0 Å². The van der Waals surface area contributed by atoms with E-state index < -0.39 is 0 Å². The molecule has 0 heterocycles. The molecule has 0 aliphatic heterocycles. The average molecular weight is 194 g/mol. The molecular formula is C13H22O. The Morgan fingerprint density at radius 1 is 1.43 bits per heavy atom. The Balaban J connectivity index is 2.50. The first-order valence-electron chi connectivity index (χ1n) is 5.49. The van der Waals surface area contributed by atoms with Crippen LogP contribution in [-0.4, -0.2) is 13.7 Å². The molecule has 1 heteroatoms. The first-order chi connectivity index (χ1) is 6.72. The van der Waals surface area contributed by atoms with Crippen LogP contribution in [0.3, 0.4) is 0 Å². The molecule has 0 bridgehead atoms. The SMILES string of the molecule is C=CCC(=C)CC1(COC)CCCC1. The molecule has 0 aromatic rings. The van der Waals surface area contributed by atoms with Crippen LogP contribution < -0.4 is 0 Å². The fourth-order valence-electron chi connectivity index (χ4n) is 2.61. The summed E-state index contributed by atoms with van der Waals surface area (Å²) in [4.78, 5) is 0. The summed E-state index contributed by atoms with van der Waals surface area (Å²) in [5.41, 5.74) is 1.70. The van der Waals surface area contributed by atoms with Crippen LogP contribution in [0.1, 0.15) is 38.5 Å². The van der Waals surface area contributed by atoms with Crippen LogP contribution >= 0.6 is 0 Å². The van der Waals surface area contributed by atoms with Crippen molar-refractivity contribution in [3.8, 4) is 0 Å². The Morgan fingerprint density at radius 2 is 2.07 bits per heavy atom. The lowest BCUT2D eigenvalue weighted by atomic mass is 9.80. The third kappa shape index (κ3) is 2.98. The molecule has 0 N–H and O–H groups in total. The van der Waals surface area contributed by atoms with Crippen LogP contribution in [0, 0.1) is 5.41 Å². The first kappa shape index (κ1) is 11.5. The highest BCUT2D eigenvalue weighted by Gasteiger charge is 2.33. The fraction of sp³-hybridized carbons (Fsp3) is 0.692. The van der Waals surface area contributed by atoms with Crippen molar-refractivity contribution in [1.29, 1.82) is 0 Å². The van der Waals surface area contributed by atoms with E-state index in [1.54, 1.807) is 7.11 Å². The maximum atomic E-state index is 5.34. The predicted octanol–water partition coefficient (Wildman–Crippen LogP) is 3.72. The van der Waals surface area contributed by atoms with Crippen LogP contribution in [0.2, 0.25) is 0 Å². The average Bonchev–Trinajstić information content (AvgIpc) is 2.54. The highest BCUT2D eigenvalue weighted by molar-refractivity contribution is 5.05. The molecule has 14 heavy (non-hydrogen) atoms. The largest absolute Gasteiger partial charge is 0.384 e. The molecule has 0 atom stereocenters. The second-order valence-corrected chi connectivity index (χ2v) is 4.56. The van der Waals surface area contributed by atoms with Gasteiger partial charge in [0.1, 0.15) is 0 Å². The van der Waals surface area contributed by atoms with Gasteiger partial charge in [-0.25, -0.2) is 0 Å². The Kier molecular flexibility index (Phi) is 4.40. The number of hydrogen-bond acceptors (Lipinski definition) is 1. The van der Waals surface area contributed by atoms with Crippen LogP contribution in [-0.2, 0) is 4.74 Å². The van der Waals surface area contributed by atoms with Crippen molar-refractivity contribution in [3.05, 3.63) is 24.8 Å². The Morgan fingerprint density at radius 3 is 2.57 bits per heavy atom. The van der Waals surface area contributed by atoms with E-state index in [9.17, 15) is 0 Å². The van der Waals surface area contributed by atoms with Gasteiger partial charge in [-0.3, -0.25) is 0 Å². The van der Waals surface area contributed by atoms with Gasteiger partial charge in [0.15, 0.2) is 0 Å². The number of ether oxygens (including phenoxy) is 1. The van der Waals surface area contributed by atoms with E-state index in [4.69, 9.17) is 4.74 Å². The molecule has 0 saturated heterocycles. The van der Waals surface area contributed by atoms with Crippen molar-refractivity contribution in [3.63, 3.8) is 0 Å². The summed E-state index contributed by atoms with van der Waals surface area (Å²) in [5.74, 6) is 0. The number of allylic oxidation sites excluding steroid dienone is 2. The monoisotopic (exact) mass is 194 g/mol. The molecule has 1 fully saturated rings. The summed E-state index contributed by atoms with van der Waals surface area (Å²) in [5, 5.41) is 0. The van der Waals surface area contributed by atoms with E-state index in [2.05, 4.69) is 13.2 Å². The van der Waals surface area contributed by atoms with Gasteiger partial charge >= 0.3 is 0 Å². The third-order valence-electron chi connectivity index (χ3n) is 3.17. The van der Waals surface area contributed by atoms with Crippen molar-refractivity contribution in [2.75, 3.05) is 13.7 Å². The lowest BCUT2D eigenvalue weighted by Gasteiger charge is -2.28. The maximum absolute atomic E-state index is 5.34. The highest BCUT2D eigenvalue weighted by atomic mass is 16.5. The molecule has 80 valence electrons. The summed E-state index contributed by atoms with van der Waals surface area (Å²) < 4.78 is 5.34. The van der Waals surface area contributed by atoms with Gasteiger partial charge in [0.05, 0.1) is 6.61 Å². The normalized spacial score (nSPS) is 19.5. The van der Waals surface area contributed by atoms with Crippen LogP contribution in [0.4, 0.5) is 0 Å². The van der Waals surface area contributed by atoms with Gasteiger partial charge in [-0.1, -0.05) is 31.1 Å². The first-order valence-corrected chi connectivity index (χ1v) is 5.49. The van der Waals surface area contributed by atoms with Gasteiger partial charge in [0.2, 0.25) is 0 Å². The molecule has 0 amide bonds. The fourth-order valence-corrected chi connectivity index (χ4v) is 2.61. The molecule has 0 aromatic carbocycles. The van der Waals surface area contributed by atoms with Gasteiger partial charge in [-0.05, 0) is 31.1 Å². The smallest absolute Gasteiger partial charge is 0.0521 e. The molecule has 0 radical (unpaired) electrons. The van der Waals surface area contributed by atoms with Crippen molar-refractivity contribution >= 4 is 0 Å². The second kappa shape index (κ2) is 5.35. The van der Waals surface area contributed by atoms with Gasteiger partial charge in [-0.15, -0.1) is 6.58 Å². The highest BCUT2D eigenvalue weighted by Crippen LogP contribution is 2.43. The lowest BCUT2D eigenvalue weighted by Crippen LogP contribution is -2.23. The molecule has 1 aliphatic rings. The summed E-state index contributed by atoms with van der Waals surface area (Å²) in [6, 6.07) is 0. The maximum Gasteiger partial charge on any atom is 0.0521 e. The number of methoxy groups -OCH3 is 1. The quantitative estimate of drug-likeness (QED) is 0.586. The minimum atomic E-state index is 0.398. The summed E-state index contributed by atoms with van der Waals surface area (Å²) in [6.45, 7) is 8.75. The lowest BCUT2D eigenvalue weighted by molar-refractivity contribution is 0.0832. The van der Waals surface area contributed by atoms with Crippen LogP contribution in [0.5, 0.6) is 0 Å². The molecule has 0 aromatic heterocycles. The topological polar surface area (TPSA) is 9.23 Å². The molecule has 1 saturated carbocycles. The Bertz CT molecular complexity index is 199. The molecular weight excluding hydrogens is 172 g/mol. The van der Waals surface area contributed by atoms with E-state index in [-0.39, 0.29) is 0 Å². The zero-order valence-electron chi connectivity index (χ0n) is 9.35. The van der Waals surface area contributed by atoms with E-state index in [1.165, 1.54) is 31.3 Å². The Labute approximate surface area is 87.8 Å². The third-order valence-corrected chi connectivity index (χ3v) is 3.17. The van der Waals surface area contributed by atoms with Gasteiger partial charge < -0.3 is 4.74 Å². The van der Waals surface area contributed by atoms with Crippen LogP contribution in [0.15, 0.2) is 24.8 Å². The molecule has 1 rings (SSSR count). The molecule has 0 spiro atoms. The second-order valence-electron chi connectivity index (χ2n) is 4.56. The van der Waals surface area contributed by atoms with Crippen molar-refractivity contribution < 1.29 is 4.74 Å². The van der Waals surface area contributed by atoms with Crippen molar-refractivity contribution in [2.45, 2.75) is 38.5 Å². The summed E-state index contributed by atoms with van der Waals surface area (Å²) in [7, 11) is 1.80. The van der Waals surface area contributed by atoms with Gasteiger partial charge in [-0.2, -0.15) is 0 Å². The van der Waals surface area contributed by atoms with Crippen molar-refractivity contribution in [2.24, 2.45) is 5.41 Å². The van der Waals surface area contributed by atoms with E-state index in [0.717, 1.165) is 19.4 Å². The van der Waals surface area contributed by atoms with E-state index in [0.29, 0.717) is 5.41 Å². The van der Waals surface area contributed by atoms with E-state index in [1.807, 2.05) is 6.08 Å². The van der Waals surface area contributed by atoms with Gasteiger partial charge in [0, 0.05) is 7.11 Å². The predicted molar refractivity (Wildman–Crippen MR) is 61.3 cm³/mol. The zero-order valence-corrected chi connectivity index (χ0v) is 9.35. The molecule has 1 aliphatic carbocycles. The molecule has 0 unspecified atom stereocenters. The Hall–Kier alpha value is -0.560. The summed E-state index contributed by atoms with van der Waals surface area (Å²) >= 11 is 0. The van der Waals surface area contributed by atoms with Crippen LogP contribution in [0.25, 0.3) is 0 Å². The summed E-state index contributed by atoms with van der Waals surface area (Å²) in [6.07, 6.45) is 9.32. The standard InChI is InChI=1S/C13H22O/c1-4-7-12(2)10-13(11-14-3)8-5-6-9-13/h4H,1-2,5-11H2,3H3. The van der Waals surface area contributed by atoms with E-state index >= 15 is 0 Å². The zero-order chi connectivity index (χ0) is 10.4. The number of hydrogen-bond donors (Lipinski definition) is 0.